The maximum Gasteiger partial charge on any atom is 0.306 e. The quantitative estimate of drug-likeness (QED) is 0.0262. The van der Waals surface area contributed by atoms with Gasteiger partial charge in [0.15, 0.2) is 6.10 Å². The molecule has 0 N–H and O–H groups in total. The number of ether oxygens (including phenoxy) is 3. The Hall–Kier alpha value is -2.37. The predicted molar refractivity (Wildman–Crippen MR) is 293 cm³/mol. The van der Waals surface area contributed by atoms with E-state index in [0.717, 1.165) is 96.3 Å². The fraction of sp³-hybridized carbons (Fsp3) is 0.855. The lowest BCUT2D eigenvalue weighted by molar-refractivity contribution is -0.167. The van der Waals surface area contributed by atoms with Gasteiger partial charge in [-0.1, -0.05) is 269 Å². The number of hydrogen-bond acceptors (Lipinski definition) is 6. The van der Waals surface area contributed by atoms with E-state index in [2.05, 4.69) is 57.2 Å². The molecule has 6 nitrogen and oxygen atoms in total. The summed E-state index contributed by atoms with van der Waals surface area (Å²) in [7, 11) is 0. The molecule has 0 fully saturated rings. The standard InChI is InChI=1S/C62H114O6/c1-4-7-10-13-16-19-22-24-26-28-29-30-31-32-33-34-35-37-38-40-43-46-49-52-55-61(64)67-58-59(57-66-60(63)54-51-48-45-42-21-18-15-12-9-6-3)68-62(65)56-53-50-47-44-41-39-36-27-25-23-20-17-14-11-8-5-2/h12,15,20,23,27,36,59H,4-11,13-14,16-19,21-22,24-26,28-35,37-58H2,1-3H3/b15-12-,23-20-,36-27-. The summed E-state index contributed by atoms with van der Waals surface area (Å²) in [6.45, 7) is 6.59. The molecule has 0 rings (SSSR count). The molecule has 398 valence electrons. The highest BCUT2D eigenvalue weighted by atomic mass is 16.6. The highest BCUT2D eigenvalue weighted by Crippen LogP contribution is 2.17. The molecule has 0 radical (unpaired) electrons. The van der Waals surface area contributed by atoms with Gasteiger partial charge in [0, 0.05) is 19.3 Å². The van der Waals surface area contributed by atoms with E-state index in [4.69, 9.17) is 14.2 Å². The summed E-state index contributed by atoms with van der Waals surface area (Å²) in [5.41, 5.74) is 0. The molecular weight excluding hydrogens is 841 g/mol. The van der Waals surface area contributed by atoms with Crippen molar-refractivity contribution in [3.05, 3.63) is 36.5 Å². The fourth-order valence-corrected chi connectivity index (χ4v) is 8.83. The first-order chi connectivity index (χ1) is 33.5. The van der Waals surface area contributed by atoms with Crippen LogP contribution in [0, 0.1) is 0 Å². The zero-order chi connectivity index (χ0) is 49.3. The lowest BCUT2D eigenvalue weighted by atomic mass is 10.0. The van der Waals surface area contributed by atoms with Gasteiger partial charge in [-0.05, 0) is 70.6 Å². The summed E-state index contributed by atoms with van der Waals surface area (Å²) in [4.78, 5) is 38.1. The summed E-state index contributed by atoms with van der Waals surface area (Å²) in [6, 6.07) is 0. The van der Waals surface area contributed by atoms with Crippen LogP contribution in [0.1, 0.15) is 323 Å². The van der Waals surface area contributed by atoms with Gasteiger partial charge in [0.1, 0.15) is 13.2 Å². The molecule has 0 aromatic carbocycles. The third-order valence-electron chi connectivity index (χ3n) is 13.3. The van der Waals surface area contributed by atoms with Crippen LogP contribution in [0.3, 0.4) is 0 Å². The Balaban J connectivity index is 4.20. The van der Waals surface area contributed by atoms with E-state index in [0.29, 0.717) is 19.3 Å². The number of esters is 3. The van der Waals surface area contributed by atoms with Gasteiger partial charge in [0.25, 0.3) is 0 Å². The number of carbonyl (C=O) groups excluding carboxylic acids is 3. The average Bonchev–Trinajstić information content (AvgIpc) is 3.34. The Morgan fingerprint density at radius 2 is 0.559 bits per heavy atom. The van der Waals surface area contributed by atoms with Crippen LogP contribution in [0.2, 0.25) is 0 Å². The molecule has 0 aliphatic heterocycles. The van der Waals surface area contributed by atoms with Crippen molar-refractivity contribution in [3.8, 4) is 0 Å². The van der Waals surface area contributed by atoms with Crippen LogP contribution in [0.5, 0.6) is 0 Å². The molecule has 6 heteroatoms. The Morgan fingerprint density at radius 3 is 0.897 bits per heavy atom. The van der Waals surface area contributed by atoms with Crippen LogP contribution in [0.25, 0.3) is 0 Å². The van der Waals surface area contributed by atoms with Crippen LogP contribution in [0.15, 0.2) is 36.5 Å². The van der Waals surface area contributed by atoms with Crippen molar-refractivity contribution in [2.45, 2.75) is 329 Å². The van der Waals surface area contributed by atoms with Crippen molar-refractivity contribution in [2.24, 2.45) is 0 Å². The maximum atomic E-state index is 12.8. The van der Waals surface area contributed by atoms with Gasteiger partial charge < -0.3 is 14.2 Å². The highest BCUT2D eigenvalue weighted by molar-refractivity contribution is 5.71. The first kappa shape index (κ1) is 65.6. The van der Waals surface area contributed by atoms with E-state index in [9.17, 15) is 14.4 Å². The first-order valence-corrected chi connectivity index (χ1v) is 30.0. The third kappa shape index (κ3) is 54.6. The highest BCUT2D eigenvalue weighted by Gasteiger charge is 2.19. The number of hydrogen-bond donors (Lipinski definition) is 0. The predicted octanol–water partition coefficient (Wildman–Crippen LogP) is 20.0. The molecule has 0 saturated heterocycles. The SMILES string of the molecule is CCC/C=C\CCCCCCCC(=O)OCC(COC(=O)CCCCCCCCCCCCCCCCCCCCCCCCCC)OC(=O)CCCCCCC/C=C\C/C=C\CCCCCC. The average molecular weight is 956 g/mol. The zero-order valence-corrected chi connectivity index (χ0v) is 45.6. The summed E-state index contributed by atoms with van der Waals surface area (Å²) < 4.78 is 16.8. The molecule has 68 heavy (non-hydrogen) atoms. The van der Waals surface area contributed by atoms with Crippen LogP contribution in [-0.2, 0) is 28.6 Å². The molecule has 0 heterocycles. The van der Waals surface area contributed by atoms with Crippen LogP contribution in [-0.4, -0.2) is 37.2 Å². The normalized spacial score (nSPS) is 12.2. The summed E-state index contributed by atoms with van der Waals surface area (Å²) >= 11 is 0. The van der Waals surface area contributed by atoms with E-state index in [1.54, 1.807) is 0 Å². The Labute approximate surface area is 423 Å². The molecule has 1 atom stereocenters. The van der Waals surface area contributed by atoms with Crippen molar-refractivity contribution in [1.82, 2.24) is 0 Å². The molecule has 0 bridgehead atoms. The Morgan fingerprint density at radius 1 is 0.294 bits per heavy atom. The van der Waals surface area contributed by atoms with Crippen molar-refractivity contribution < 1.29 is 28.6 Å². The van der Waals surface area contributed by atoms with Crippen molar-refractivity contribution in [3.63, 3.8) is 0 Å². The maximum absolute atomic E-state index is 12.8. The largest absolute Gasteiger partial charge is 0.462 e. The van der Waals surface area contributed by atoms with Gasteiger partial charge in [-0.3, -0.25) is 14.4 Å². The Kier molecular flexibility index (Phi) is 55.2. The van der Waals surface area contributed by atoms with Crippen molar-refractivity contribution in [1.29, 1.82) is 0 Å². The minimum atomic E-state index is -0.780. The van der Waals surface area contributed by atoms with Crippen LogP contribution in [0.4, 0.5) is 0 Å². The third-order valence-corrected chi connectivity index (χ3v) is 13.3. The number of unbranched alkanes of at least 4 members (excludes halogenated alkanes) is 38. The van der Waals surface area contributed by atoms with Crippen LogP contribution >= 0.6 is 0 Å². The van der Waals surface area contributed by atoms with Gasteiger partial charge in [-0.25, -0.2) is 0 Å². The molecule has 0 aliphatic rings. The monoisotopic (exact) mass is 955 g/mol. The number of rotatable bonds is 55. The van der Waals surface area contributed by atoms with E-state index in [1.165, 1.54) is 186 Å². The molecule has 0 aromatic rings. The summed E-state index contributed by atoms with van der Waals surface area (Å²) in [5.74, 6) is -0.886. The summed E-state index contributed by atoms with van der Waals surface area (Å²) in [5, 5.41) is 0. The molecule has 0 saturated carbocycles. The fourth-order valence-electron chi connectivity index (χ4n) is 8.83. The minimum absolute atomic E-state index is 0.0772. The van der Waals surface area contributed by atoms with Crippen molar-refractivity contribution >= 4 is 17.9 Å². The number of allylic oxidation sites excluding steroid dienone is 6. The Bertz CT molecular complexity index is 1140. The van der Waals surface area contributed by atoms with Gasteiger partial charge in [0.05, 0.1) is 0 Å². The van der Waals surface area contributed by atoms with Crippen LogP contribution < -0.4 is 0 Å². The van der Waals surface area contributed by atoms with Gasteiger partial charge in [0.2, 0.25) is 0 Å². The molecule has 0 spiro atoms. The van der Waals surface area contributed by atoms with Gasteiger partial charge in [-0.2, -0.15) is 0 Å². The lowest BCUT2D eigenvalue weighted by Gasteiger charge is -2.18. The summed E-state index contributed by atoms with van der Waals surface area (Å²) in [6.07, 6.45) is 68.7. The minimum Gasteiger partial charge on any atom is -0.462 e. The van der Waals surface area contributed by atoms with Gasteiger partial charge >= 0.3 is 17.9 Å². The molecular formula is C62H114O6. The van der Waals surface area contributed by atoms with E-state index >= 15 is 0 Å². The van der Waals surface area contributed by atoms with Gasteiger partial charge in [-0.15, -0.1) is 0 Å². The molecule has 0 amide bonds. The van der Waals surface area contributed by atoms with Crippen molar-refractivity contribution in [2.75, 3.05) is 13.2 Å². The van der Waals surface area contributed by atoms with E-state index < -0.39 is 6.10 Å². The molecule has 0 aliphatic carbocycles. The van der Waals surface area contributed by atoms with E-state index in [1.807, 2.05) is 0 Å². The smallest absolute Gasteiger partial charge is 0.306 e. The first-order valence-electron chi connectivity index (χ1n) is 30.0. The zero-order valence-electron chi connectivity index (χ0n) is 45.6. The second kappa shape index (κ2) is 57.2. The molecule has 0 aromatic heterocycles. The van der Waals surface area contributed by atoms with E-state index in [-0.39, 0.29) is 31.1 Å². The number of carbonyl (C=O) groups is 3. The molecule has 1 unspecified atom stereocenters. The topological polar surface area (TPSA) is 78.9 Å². The lowest BCUT2D eigenvalue weighted by Crippen LogP contribution is -2.30. The second-order valence-electron chi connectivity index (χ2n) is 20.3. The second-order valence-corrected chi connectivity index (χ2v) is 20.3.